The zero-order valence-electron chi connectivity index (χ0n) is 16.2. The Bertz CT molecular complexity index is 1140. The van der Waals surface area contributed by atoms with Crippen LogP contribution in [0.5, 0.6) is 11.5 Å². The minimum absolute atomic E-state index is 0.174. The number of thiophene rings is 1. The number of benzene rings is 2. The van der Waals surface area contributed by atoms with E-state index in [1.165, 1.54) is 11.3 Å². The lowest BCUT2D eigenvalue weighted by atomic mass is 9.88. The van der Waals surface area contributed by atoms with Gasteiger partial charge in [-0.25, -0.2) is 4.79 Å². The third kappa shape index (κ3) is 3.51. The van der Waals surface area contributed by atoms with Gasteiger partial charge in [-0.05, 0) is 35.4 Å². The zero-order chi connectivity index (χ0) is 21.4. The van der Waals surface area contributed by atoms with Crippen LogP contribution in [0.25, 0.3) is 11.1 Å². The van der Waals surface area contributed by atoms with Crippen molar-refractivity contribution in [1.82, 2.24) is 0 Å². The lowest BCUT2D eigenvalue weighted by molar-refractivity contribution is -0.116. The maximum absolute atomic E-state index is 12.6. The lowest BCUT2D eigenvalue weighted by Crippen LogP contribution is -2.22. The van der Waals surface area contributed by atoms with Crippen molar-refractivity contribution < 1.29 is 24.2 Å². The highest BCUT2D eigenvalue weighted by Gasteiger charge is 2.34. The van der Waals surface area contributed by atoms with Crippen molar-refractivity contribution >= 4 is 40.5 Å². The normalized spacial score (nSPS) is 15.3. The van der Waals surface area contributed by atoms with E-state index in [0.717, 1.165) is 10.4 Å². The molecule has 154 valence electrons. The number of carboxylic acid groups (broad SMARTS) is 1. The number of ether oxygens (including phenoxy) is 2. The summed E-state index contributed by atoms with van der Waals surface area (Å²) in [6.45, 7) is 0. The van der Waals surface area contributed by atoms with E-state index in [4.69, 9.17) is 21.1 Å². The summed E-state index contributed by atoms with van der Waals surface area (Å²) < 4.78 is 10.7. The number of hydrogen-bond acceptors (Lipinski definition) is 5. The Morgan fingerprint density at radius 2 is 1.83 bits per heavy atom. The predicted molar refractivity (Wildman–Crippen MR) is 116 cm³/mol. The number of carbonyl (C=O) groups is 2. The summed E-state index contributed by atoms with van der Waals surface area (Å²) in [6, 6.07) is 12.4. The average molecular weight is 444 g/mol. The van der Waals surface area contributed by atoms with Crippen LogP contribution >= 0.6 is 22.9 Å². The third-order valence-electron chi connectivity index (χ3n) is 5.04. The summed E-state index contributed by atoms with van der Waals surface area (Å²) >= 11 is 7.17. The summed E-state index contributed by atoms with van der Waals surface area (Å²) in [5.41, 5.74) is 2.57. The van der Waals surface area contributed by atoms with E-state index in [1.54, 1.807) is 44.6 Å². The van der Waals surface area contributed by atoms with Crippen LogP contribution < -0.4 is 14.8 Å². The third-order valence-corrected chi connectivity index (χ3v) is 6.59. The van der Waals surface area contributed by atoms with E-state index in [9.17, 15) is 14.7 Å². The van der Waals surface area contributed by atoms with Gasteiger partial charge in [-0.1, -0.05) is 29.8 Å². The van der Waals surface area contributed by atoms with E-state index in [0.29, 0.717) is 33.3 Å². The van der Waals surface area contributed by atoms with Crippen LogP contribution in [-0.4, -0.2) is 31.2 Å². The fourth-order valence-electron chi connectivity index (χ4n) is 3.67. The molecule has 2 heterocycles. The number of hydrogen-bond donors (Lipinski definition) is 2. The van der Waals surface area contributed by atoms with E-state index >= 15 is 0 Å². The van der Waals surface area contributed by atoms with Gasteiger partial charge >= 0.3 is 5.97 Å². The lowest BCUT2D eigenvalue weighted by Gasteiger charge is -2.24. The number of rotatable bonds is 5. The van der Waals surface area contributed by atoms with Crippen LogP contribution in [0.4, 0.5) is 5.69 Å². The molecule has 0 unspecified atom stereocenters. The van der Waals surface area contributed by atoms with Crippen LogP contribution in [0.15, 0.2) is 42.5 Å². The molecule has 0 radical (unpaired) electrons. The first-order valence-corrected chi connectivity index (χ1v) is 10.3. The molecule has 3 aromatic rings. The van der Waals surface area contributed by atoms with Gasteiger partial charge in [0.25, 0.3) is 0 Å². The number of anilines is 1. The van der Waals surface area contributed by atoms with Gasteiger partial charge in [-0.15, -0.1) is 11.3 Å². The minimum Gasteiger partial charge on any atom is -0.493 e. The molecule has 0 bridgehead atoms. The van der Waals surface area contributed by atoms with E-state index in [2.05, 4.69) is 5.32 Å². The van der Waals surface area contributed by atoms with E-state index in [-0.39, 0.29) is 23.1 Å². The molecule has 0 saturated carbocycles. The van der Waals surface area contributed by atoms with Gasteiger partial charge in [0.2, 0.25) is 5.91 Å². The van der Waals surface area contributed by atoms with Gasteiger partial charge in [-0.2, -0.15) is 0 Å². The molecule has 2 N–H and O–H groups in total. The molecule has 4 rings (SSSR count). The molecule has 0 saturated heterocycles. The highest BCUT2D eigenvalue weighted by atomic mass is 35.5. The topological polar surface area (TPSA) is 84.9 Å². The molecule has 1 aromatic heterocycles. The minimum atomic E-state index is -1.04. The molecule has 0 spiro atoms. The van der Waals surface area contributed by atoms with Crippen molar-refractivity contribution in [3.63, 3.8) is 0 Å². The summed E-state index contributed by atoms with van der Waals surface area (Å²) in [7, 11) is 3.10. The van der Waals surface area contributed by atoms with Crippen LogP contribution in [0.3, 0.4) is 0 Å². The van der Waals surface area contributed by atoms with Gasteiger partial charge in [0.1, 0.15) is 4.88 Å². The molecule has 0 fully saturated rings. The van der Waals surface area contributed by atoms with Gasteiger partial charge in [0.05, 0.1) is 19.9 Å². The summed E-state index contributed by atoms with van der Waals surface area (Å²) in [5.74, 6) is -0.374. The highest BCUT2D eigenvalue weighted by molar-refractivity contribution is 7.15. The number of aromatic carboxylic acids is 1. The highest BCUT2D eigenvalue weighted by Crippen LogP contribution is 2.50. The molecule has 1 aliphatic rings. The quantitative estimate of drug-likeness (QED) is 0.562. The van der Waals surface area contributed by atoms with Crippen LogP contribution in [0, 0.1) is 0 Å². The monoisotopic (exact) mass is 443 g/mol. The van der Waals surface area contributed by atoms with Crippen molar-refractivity contribution in [3.8, 4) is 22.6 Å². The Kier molecular flexibility index (Phi) is 5.40. The smallest absolute Gasteiger partial charge is 0.346 e. The Morgan fingerprint density at radius 3 is 2.47 bits per heavy atom. The second kappa shape index (κ2) is 8.01. The molecule has 2 aromatic carbocycles. The first kappa shape index (κ1) is 20.3. The van der Waals surface area contributed by atoms with Crippen LogP contribution in [0.1, 0.15) is 32.5 Å². The zero-order valence-corrected chi connectivity index (χ0v) is 17.8. The van der Waals surface area contributed by atoms with E-state index < -0.39 is 5.97 Å². The second-order valence-electron chi connectivity index (χ2n) is 6.78. The largest absolute Gasteiger partial charge is 0.493 e. The average Bonchev–Trinajstić information content (AvgIpc) is 3.12. The Balaban J connectivity index is 1.90. The molecular formula is C22H18ClNO5S. The summed E-state index contributed by atoms with van der Waals surface area (Å²) in [5, 5.41) is 13.3. The maximum Gasteiger partial charge on any atom is 0.346 e. The van der Waals surface area contributed by atoms with Crippen molar-refractivity contribution in [2.24, 2.45) is 0 Å². The fourth-order valence-corrected chi connectivity index (χ4v) is 5.04. The number of amides is 1. The number of nitrogens with one attached hydrogen (secondary N) is 1. The van der Waals surface area contributed by atoms with Crippen molar-refractivity contribution in [1.29, 1.82) is 0 Å². The number of fused-ring (bicyclic) bond motifs is 1. The molecule has 1 atom stereocenters. The van der Waals surface area contributed by atoms with Gasteiger partial charge in [0.15, 0.2) is 11.5 Å². The Hall–Kier alpha value is -3.03. The SMILES string of the molecule is COc1ccc([C@H]2CC(=O)Nc3c2sc(C(=O)O)c3-c2ccc(Cl)cc2)cc1OC. The van der Waals surface area contributed by atoms with Crippen LogP contribution in [-0.2, 0) is 4.79 Å². The van der Waals surface area contributed by atoms with Crippen molar-refractivity contribution in [2.75, 3.05) is 19.5 Å². The summed E-state index contributed by atoms with van der Waals surface area (Å²) in [6.07, 6.45) is 0.210. The Labute approximate surface area is 182 Å². The molecule has 1 aliphatic heterocycles. The van der Waals surface area contributed by atoms with Crippen molar-refractivity contribution in [3.05, 3.63) is 62.8 Å². The predicted octanol–water partition coefficient (Wildman–Crippen LogP) is 5.26. The molecule has 8 heteroatoms. The fraction of sp³-hybridized carbons (Fsp3) is 0.182. The van der Waals surface area contributed by atoms with Gasteiger partial charge < -0.3 is 19.9 Å². The summed E-state index contributed by atoms with van der Waals surface area (Å²) in [4.78, 5) is 25.6. The van der Waals surface area contributed by atoms with Gasteiger partial charge in [-0.3, -0.25) is 4.79 Å². The number of carboxylic acids is 1. The number of methoxy groups -OCH3 is 2. The maximum atomic E-state index is 12.6. The van der Waals surface area contributed by atoms with E-state index in [1.807, 2.05) is 12.1 Å². The molecule has 1 amide bonds. The standard InChI is InChI=1S/C22H18ClNO5S/c1-28-15-8-5-12(9-16(15)29-2)14-10-17(25)24-19-18(11-3-6-13(23)7-4-11)21(22(26)27)30-20(14)19/h3-9,14H,10H2,1-2H3,(H,24,25)(H,26,27)/t14-/m1/s1. The van der Waals surface area contributed by atoms with Crippen LogP contribution in [0.2, 0.25) is 5.02 Å². The molecule has 6 nitrogen and oxygen atoms in total. The molecular weight excluding hydrogens is 426 g/mol. The number of carbonyl (C=O) groups excluding carboxylic acids is 1. The first-order valence-electron chi connectivity index (χ1n) is 9.10. The van der Waals surface area contributed by atoms with Gasteiger partial charge in [0, 0.05) is 27.8 Å². The number of halogens is 1. The second-order valence-corrected chi connectivity index (χ2v) is 8.27. The molecule has 0 aliphatic carbocycles. The Morgan fingerprint density at radius 1 is 1.13 bits per heavy atom. The molecule has 30 heavy (non-hydrogen) atoms. The van der Waals surface area contributed by atoms with Crippen molar-refractivity contribution in [2.45, 2.75) is 12.3 Å². The first-order chi connectivity index (χ1) is 14.4.